The predicted octanol–water partition coefficient (Wildman–Crippen LogP) is 8.25. The van der Waals surface area contributed by atoms with E-state index in [1.807, 2.05) is 53.1 Å². The number of hydrogen-bond acceptors (Lipinski definition) is 3. The Kier molecular flexibility index (Phi) is 8.35. The van der Waals surface area contributed by atoms with Crippen LogP contribution >= 0.6 is 15.9 Å². The second-order valence-corrected chi connectivity index (χ2v) is 22.3. The molecule has 2 rings (SSSR count). The molecule has 0 aliphatic carbocycles. The van der Waals surface area contributed by atoms with Gasteiger partial charge in [-0.3, -0.25) is 4.79 Å². The van der Waals surface area contributed by atoms with Gasteiger partial charge < -0.3 is 13.7 Å². The molecule has 0 radical (unpaired) electrons. The summed E-state index contributed by atoms with van der Waals surface area (Å²) in [6, 6.07) is 15.6. The molecule has 0 aliphatic heterocycles. The summed E-state index contributed by atoms with van der Waals surface area (Å²) in [6.07, 6.45) is 0. The number of amides is 1. The molecule has 0 bridgehead atoms. The summed E-state index contributed by atoms with van der Waals surface area (Å²) in [5.41, 5.74) is 0.907. The van der Waals surface area contributed by atoms with Crippen molar-refractivity contribution in [3.8, 4) is 11.5 Å². The molecule has 1 amide bonds. The van der Waals surface area contributed by atoms with Gasteiger partial charge in [0, 0.05) is 10.2 Å². The number of carbonyl (C=O) groups excluding carboxylic acids is 1. The molecule has 33 heavy (non-hydrogen) atoms. The van der Waals surface area contributed by atoms with Gasteiger partial charge in [-0.2, -0.15) is 0 Å². The summed E-state index contributed by atoms with van der Waals surface area (Å²) < 4.78 is 15.6. The zero-order valence-corrected chi connectivity index (χ0v) is 25.5. The number of ether oxygens (including phenoxy) is 1. The fraction of sp³-hybridized carbons (Fsp3) is 0.500. The Bertz CT molecular complexity index is 961. The lowest BCUT2D eigenvalue weighted by Gasteiger charge is -2.45. The predicted molar refractivity (Wildman–Crippen MR) is 149 cm³/mol. The van der Waals surface area contributed by atoms with Crippen molar-refractivity contribution in [1.82, 2.24) is 0 Å². The third-order valence-electron chi connectivity index (χ3n) is 7.10. The van der Waals surface area contributed by atoms with E-state index in [1.54, 1.807) is 0 Å². The number of anilines is 1. The van der Waals surface area contributed by atoms with E-state index in [2.05, 4.69) is 83.7 Å². The topological polar surface area (TPSA) is 38.8 Å². The van der Waals surface area contributed by atoms with E-state index >= 15 is 0 Å². The Balaban J connectivity index is 2.33. The molecule has 2 aromatic rings. The van der Waals surface area contributed by atoms with Crippen molar-refractivity contribution in [2.75, 3.05) is 11.2 Å². The fourth-order valence-electron chi connectivity index (χ4n) is 2.99. The smallest absolute Gasteiger partial charge is 0.257 e. The minimum atomic E-state index is -2.21. The van der Waals surface area contributed by atoms with Crippen LogP contribution in [0.4, 0.5) is 5.69 Å². The molecule has 0 N–H and O–H groups in total. The van der Waals surface area contributed by atoms with Gasteiger partial charge in [0.2, 0.25) is 0 Å². The van der Waals surface area contributed by atoms with Crippen LogP contribution < -0.4 is 13.7 Å². The van der Waals surface area contributed by atoms with Gasteiger partial charge >= 0.3 is 0 Å². The maximum atomic E-state index is 13.6. The van der Waals surface area contributed by atoms with Gasteiger partial charge in [0.15, 0.2) is 20.6 Å². The van der Waals surface area contributed by atoms with Gasteiger partial charge in [0.1, 0.15) is 5.75 Å². The van der Waals surface area contributed by atoms with Crippen LogP contribution in [0.15, 0.2) is 53.0 Å². The van der Waals surface area contributed by atoms with Crippen LogP contribution in [0.25, 0.3) is 0 Å². The third kappa shape index (κ3) is 6.51. The SMILES string of the molecule is CC(C)(C)[Si](C)(C)Oc1ccccc1OCC(=O)N(c1ccc(Br)cc1)[Si](C)(C)C(C)(C)C. The molecule has 2 aromatic carbocycles. The average molecular weight is 551 g/mol. The molecule has 0 heterocycles. The third-order valence-corrected chi connectivity index (χ3v) is 17.3. The number of halogens is 1. The van der Waals surface area contributed by atoms with Gasteiger partial charge in [-0.25, -0.2) is 0 Å². The largest absolute Gasteiger partial charge is 0.541 e. The average Bonchev–Trinajstić information content (AvgIpc) is 2.67. The van der Waals surface area contributed by atoms with Gasteiger partial charge in [0.05, 0.1) is 0 Å². The van der Waals surface area contributed by atoms with E-state index in [4.69, 9.17) is 9.16 Å². The lowest BCUT2D eigenvalue weighted by Crippen LogP contribution is -2.59. The molecule has 7 heteroatoms. The fourth-order valence-corrected chi connectivity index (χ4v) is 6.43. The summed E-state index contributed by atoms with van der Waals surface area (Å²) in [4.78, 5) is 13.6. The van der Waals surface area contributed by atoms with E-state index in [-0.39, 0.29) is 22.6 Å². The standard InChI is InChI=1S/C26H40BrNO3Si2/c1-25(2,3)32(7,8)28(21-17-15-20(27)16-18-21)24(29)19-30-22-13-11-12-14-23(22)31-33(9,10)26(4,5)6/h11-18H,19H2,1-10H3. The number of rotatable bonds is 7. The number of nitrogens with zero attached hydrogens (tertiary/aromatic N) is 1. The molecule has 0 aliphatic rings. The normalized spacial score (nSPS) is 12.9. The Morgan fingerprint density at radius 3 is 1.85 bits per heavy atom. The van der Waals surface area contributed by atoms with Crippen LogP contribution in [0, 0.1) is 0 Å². The zero-order valence-electron chi connectivity index (χ0n) is 21.9. The quantitative estimate of drug-likeness (QED) is 0.326. The number of para-hydroxylation sites is 2. The monoisotopic (exact) mass is 549 g/mol. The van der Waals surface area contributed by atoms with Crippen molar-refractivity contribution in [2.24, 2.45) is 0 Å². The first-order valence-corrected chi connectivity index (χ1v) is 18.1. The highest BCUT2D eigenvalue weighted by atomic mass is 79.9. The summed E-state index contributed by atoms with van der Waals surface area (Å²) in [7, 11) is -4.25. The molecule has 0 saturated heterocycles. The zero-order chi connectivity index (χ0) is 25.2. The van der Waals surface area contributed by atoms with Crippen molar-refractivity contribution in [2.45, 2.75) is 77.8 Å². The summed E-state index contributed by atoms with van der Waals surface area (Å²) >= 11 is 3.50. The molecule has 0 atom stereocenters. The minimum Gasteiger partial charge on any atom is -0.541 e. The lowest BCUT2D eigenvalue weighted by molar-refractivity contribution is -0.119. The van der Waals surface area contributed by atoms with Gasteiger partial charge in [0.25, 0.3) is 14.2 Å². The molecule has 0 spiro atoms. The van der Waals surface area contributed by atoms with Crippen LogP contribution in [0.2, 0.25) is 36.3 Å². The van der Waals surface area contributed by atoms with Crippen molar-refractivity contribution in [1.29, 1.82) is 0 Å². The Hall–Kier alpha value is -1.58. The van der Waals surface area contributed by atoms with E-state index in [9.17, 15) is 4.79 Å². The molecule has 182 valence electrons. The number of carbonyl (C=O) groups is 1. The van der Waals surface area contributed by atoms with Crippen LogP contribution in [0.1, 0.15) is 41.5 Å². The van der Waals surface area contributed by atoms with Crippen molar-refractivity contribution < 1.29 is 14.0 Å². The van der Waals surface area contributed by atoms with Crippen LogP contribution in [-0.4, -0.2) is 29.1 Å². The highest BCUT2D eigenvalue weighted by Crippen LogP contribution is 2.42. The minimum absolute atomic E-state index is 0.0148. The summed E-state index contributed by atoms with van der Waals surface area (Å²) in [5.74, 6) is 1.28. The highest BCUT2D eigenvalue weighted by Gasteiger charge is 2.44. The van der Waals surface area contributed by atoms with Crippen molar-refractivity contribution in [3.05, 3.63) is 53.0 Å². The van der Waals surface area contributed by atoms with Crippen molar-refractivity contribution >= 4 is 44.1 Å². The maximum Gasteiger partial charge on any atom is 0.257 e. The second-order valence-electron chi connectivity index (χ2n) is 11.6. The molecular weight excluding hydrogens is 510 g/mol. The number of benzene rings is 2. The Morgan fingerprint density at radius 1 is 0.848 bits per heavy atom. The Morgan fingerprint density at radius 2 is 1.36 bits per heavy atom. The van der Waals surface area contributed by atoms with Crippen LogP contribution in [0.3, 0.4) is 0 Å². The second kappa shape index (κ2) is 9.96. The molecule has 0 fully saturated rings. The first-order valence-electron chi connectivity index (χ1n) is 11.5. The maximum absolute atomic E-state index is 13.6. The Labute approximate surface area is 211 Å². The summed E-state index contributed by atoms with van der Waals surface area (Å²) in [6.45, 7) is 22.1. The number of hydrogen-bond donors (Lipinski definition) is 0. The van der Waals surface area contributed by atoms with Crippen LogP contribution in [-0.2, 0) is 4.79 Å². The van der Waals surface area contributed by atoms with Gasteiger partial charge in [-0.05, 0) is 59.6 Å². The van der Waals surface area contributed by atoms with E-state index < -0.39 is 16.6 Å². The molecule has 0 unspecified atom stereocenters. The highest BCUT2D eigenvalue weighted by molar-refractivity contribution is 9.10. The van der Waals surface area contributed by atoms with E-state index in [1.165, 1.54) is 0 Å². The molecular formula is C26H40BrNO3Si2. The van der Waals surface area contributed by atoms with Crippen molar-refractivity contribution in [3.63, 3.8) is 0 Å². The first-order chi connectivity index (χ1) is 15.0. The van der Waals surface area contributed by atoms with E-state index in [0.717, 1.165) is 10.2 Å². The van der Waals surface area contributed by atoms with E-state index in [0.29, 0.717) is 11.5 Å². The first kappa shape index (κ1) is 27.7. The lowest BCUT2D eigenvalue weighted by atomic mass is 10.2. The van der Waals surface area contributed by atoms with Gasteiger partial charge in [-0.15, -0.1) is 0 Å². The van der Waals surface area contributed by atoms with Gasteiger partial charge in [-0.1, -0.05) is 82.7 Å². The summed E-state index contributed by atoms with van der Waals surface area (Å²) in [5, 5.41) is 0.0513. The molecule has 0 saturated carbocycles. The molecule has 0 aromatic heterocycles. The van der Waals surface area contributed by atoms with Crippen LogP contribution in [0.5, 0.6) is 11.5 Å². The molecule has 4 nitrogen and oxygen atoms in total.